The number of nitrogens with zero attached hydrogens (tertiary/aromatic N) is 3. The number of benzene rings is 1. The molecule has 0 saturated carbocycles. The number of hydrogen-bond donors (Lipinski definition) is 1. The van der Waals surface area contributed by atoms with Crippen LogP contribution in [0.3, 0.4) is 0 Å². The summed E-state index contributed by atoms with van der Waals surface area (Å²) in [4.78, 5) is 13.0. The molecule has 0 unspecified atom stereocenters. The fourth-order valence-corrected chi connectivity index (χ4v) is 5.41. The van der Waals surface area contributed by atoms with Gasteiger partial charge in [0.25, 0.3) is 0 Å². The largest absolute Gasteiger partial charge is 0.311 e. The SMILES string of the molecule is CC(C)(C)c1cc(NC(=O)C2CCN(S(=O)(=O)Cc3ccccc3)CC2)n(C(C)(C)C)n1. The lowest BCUT2D eigenvalue weighted by atomic mass is 9.92. The number of rotatable bonds is 5. The number of anilines is 1. The number of nitrogens with one attached hydrogen (secondary N) is 1. The summed E-state index contributed by atoms with van der Waals surface area (Å²) < 4.78 is 29.0. The molecule has 0 aliphatic carbocycles. The molecule has 176 valence electrons. The fraction of sp³-hybridized carbons (Fsp3) is 0.583. The van der Waals surface area contributed by atoms with Crippen LogP contribution < -0.4 is 5.32 Å². The van der Waals surface area contributed by atoms with Crippen LogP contribution in [0.15, 0.2) is 36.4 Å². The van der Waals surface area contributed by atoms with Gasteiger partial charge in [0.1, 0.15) is 5.82 Å². The molecular weight excluding hydrogens is 424 g/mol. The Morgan fingerprint density at radius 3 is 2.19 bits per heavy atom. The van der Waals surface area contributed by atoms with Crippen LogP contribution in [0.2, 0.25) is 0 Å². The number of aromatic nitrogens is 2. The van der Waals surface area contributed by atoms with Crippen LogP contribution in [-0.2, 0) is 31.5 Å². The van der Waals surface area contributed by atoms with Crippen LogP contribution in [0.25, 0.3) is 0 Å². The molecule has 32 heavy (non-hydrogen) atoms. The van der Waals surface area contributed by atoms with Crippen LogP contribution in [0.4, 0.5) is 5.82 Å². The van der Waals surface area contributed by atoms with Gasteiger partial charge >= 0.3 is 0 Å². The molecule has 0 bridgehead atoms. The number of piperidine rings is 1. The molecule has 1 fully saturated rings. The second kappa shape index (κ2) is 8.98. The smallest absolute Gasteiger partial charge is 0.228 e. The molecule has 1 aromatic carbocycles. The van der Waals surface area contributed by atoms with E-state index in [0.717, 1.165) is 11.3 Å². The quantitative estimate of drug-likeness (QED) is 0.728. The lowest BCUT2D eigenvalue weighted by molar-refractivity contribution is -0.121. The molecular formula is C24H36N4O3S. The number of carbonyl (C=O) groups is 1. The molecule has 0 spiro atoms. The molecule has 2 heterocycles. The van der Waals surface area contributed by atoms with Gasteiger partial charge in [0, 0.05) is 30.5 Å². The van der Waals surface area contributed by atoms with Crippen molar-refractivity contribution in [2.45, 2.75) is 71.1 Å². The zero-order chi connectivity index (χ0) is 23.7. The Balaban J connectivity index is 1.66. The Morgan fingerprint density at radius 2 is 1.66 bits per heavy atom. The number of carbonyl (C=O) groups excluding carboxylic acids is 1. The maximum atomic E-state index is 13.0. The second-order valence-corrected chi connectivity index (χ2v) is 12.6. The normalized spacial score (nSPS) is 16.8. The van der Waals surface area contributed by atoms with E-state index in [0.29, 0.717) is 31.7 Å². The monoisotopic (exact) mass is 460 g/mol. The lowest BCUT2D eigenvalue weighted by Crippen LogP contribution is -2.42. The van der Waals surface area contributed by atoms with Gasteiger partial charge in [-0.15, -0.1) is 0 Å². The third-order valence-electron chi connectivity index (χ3n) is 5.77. The molecule has 1 aliphatic heterocycles. The molecule has 1 aromatic heterocycles. The van der Waals surface area contributed by atoms with Gasteiger partial charge in [-0.25, -0.2) is 17.4 Å². The van der Waals surface area contributed by atoms with E-state index < -0.39 is 10.0 Å². The third kappa shape index (κ3) is 5.78. The minimum absolute atomic E-state index is 0.00888. The Kier molecular flexibility index (Phi) is 6.86. The first-order chi connectivity index (χ1) is 14.8. The van der Waals surface area contributed by atoms with Gasteiger partial charge in [0.05, 0.1) is 17.0 Å². The van der Waals surface area contributed by atoms with Gasteiger partial charge in [-0.2, -0.15) is 5.10 Å². The van der Waals surface area contributed by atoms with Crippen molar-refractivity contribution in [3.8, 4) is 0 Å². The maximum Gasteiger partial charge on any atom is 0.228 e. The van der Waals surface area contributed by atoms with Crippen molar-refractivity contribution in [3.63, 3.8) is 0 Å². The average molecular weight is 461 g/mol. The minimum Gasteiger partial charge on any atom is -0.311 e. The van der Waals surface area contributed by atoms with Gasteiger partial charge in [0.15, 0.2) is 0 Å². The Hall–Kier alpha value is -2.19. The standard InChI is InChI=1S/C24H36N4O3S/c1-23(2,3)20-16-21(28(26-20)24(4,5)6)25-22(29)19-12-14-27(15-13-19)32(30,31)17-18-10-8-7-9-11-18/h7-11,16,19H,12-15,17H2,1-6H3,(H,25,29). The number of hydrogen-bond acceptors (Lipinski definition) is 4. The summed E-state index contributed by atoms with van der Waals surface area (Å²) in [6.45, 7) is 13.2. The zero-order valence-corrected chi connectivity index (χ0v) is 20.9. The minimum atomic E-state index is -3.40. The average Bonchev–Trinajstić information content (AvgIpc) is 3.13. The van der Waals surface area contributed by atoms with Crippen molar-refractivity contribution in [2.24, 2.45) is 5.92 Å². The van der Waals surface area contributed by atoms with Gasteiger partial charge in [-0.3, -0.25) is 4.79 Å². The number of sulfonamides is 1. The summed E-state index contributed by atoms with van der Waals surface area (Å²) in [6, 6.07) is 11.1. The topological polar surface area (TPSA) is 84.3 Å². The summed E-state index contributed by atoms with van der Waals surface area (Å²) >= 11 is 0. The van der Waals surface area contributed by atoms with Crippen molar-refractivity contribution in [1.29, 1.82) is 0 Å². The van der Waals surface area contributed by atoms with Crippen LogP contribution in [0.5, 0.6) is 0 Å². The highest BCUT2D eigenvalue weighted by atomic mass is 32.2. The van der Waals surface area contributed by atoms with Crippen molar-refractivity contribution in [1.82, 2.24) is 14.1 Å². The lowest BCUT2D eigenvalue weighted by Gasteiger charge is -2.31. The second-order valence-electron chi connectivity index (χ2n) is 10.7. The predicted molar refractivity (Wildman–Crippen MR) is 128 cm³/mol. The Labute approximate surface area is 192 Å². The van der Waals surface area contributed by atoms with E-state index in [2.05, 4.69) is 46.9 Å². The van der Waals surface area contributed by atoms with E-state index in [-0.39, 0.29) is 28.5 Å². The van der Waals surface area contributed by atoms with Crippen LogP contribution >= 0.6 is 0 Å². The highest BCUT2D eigenvalue weighted by molar-refractivity contribution is 7.88. The Bertz CT molecular complexity index is 1040. The molecule has 1 saturated heterocycles. The maximum absolute atomic E-state index is 13.0. The first-order valence-corrected chi connectivity index (χ1v) is 12.8. The fourth-order valence-electron chi connectivity index (χ4n) is 3.85. The first kappa shape index (κ1) is 24.5. The molecule has 0 radical (unpaired) electrons. The van der Waals surface area contributed by atoms with E-state index >= 15 is 0 Å². The van der Waals surface area contributed by atoms with Crippen molar-refractivity contribution < 1.29 is 13.2 Å². The molecule has 2 aromatic rings. The first-order valence-electron chi connectivity index (χ1n) is 11.2. The molecule has 8 heteroatoms. The summed E-state index contributed by atoms with van der Waals surface area (Å²) in [6.07, 6.45) is 1.02. The highest BCUT2D eigenvalue weighted by Gasteiger charge is 2.32. The van der Waals surface area contributed by atoms with E-state index in [1.165, 1.54) is 4.31 Å². The summed E-state index contributed by atoms with van der Waals surface area (Å²) in [5, 5.41) is 7.82. The van der Waals surface area contributed by atoms with Crippen LogP contribution in [-0.4, -0.2) is 41.5 Å². The number of amides is 1. The van der Waals surface area contributed by atoms with Crippen molar-refractivity contribution in [3.05, 3.63) is 47.7 Å². The molecule has 7 nitrogen and oxygen atoms in total. The van der Waals surface area contributed by atoms with Crippen LogP contribution in [0, 0.1) is 5.92 Å². The molecule has 1 aliphatic rings. The van der Waals surface area contributed by atoms with Gasteiger partial charge in [-0.05, 0) is 39.2 Å². The van der Waals surface area contributed by atoms with Gasteiger partial charge in [-0.1, -0.05) is 51.1 Å². The summed E-state index contributed by atoms with van der Waals surface area (Å²) in [5.41, 5.74) is 1.29. The summed E-state index contributed by atoms with van der Waals surface area (Å²) in [7, 11) is -3.40. The molecule has 1 amide bonds. The predicted octanol–water partition coefficient (Wildman–Crippen LogP) is 4.12. The Morgan fingerprint density at radius 1 is 1.06 bits per heavy atom. The van der Waals surface area contributed by atoms with Crippen LogP contribution in [0.1, 0.15) is 65.6 Å². The third-order valence-corrected chi connectivity index (χ3v) is 7.62. The van der Waals surface area contributed by atoms with Gasteiger partial charge in [0.2, 0.25) is 15.9 Å². The molecule has 0 atom stereocenters. The highest BCUT2D eigenvalue weighted by Crippen LogP contribution is 2.29. The summed E-state index contributed by atoms with van der Waals surface area (Å²) in [5.74, 6) is 0.382. The van der Waals surface area contributed by atoms with Gasteiger partial charge < -0.3 is 5.32 Å². The van der Waals surface area contributed by atoms with E-state index in [9.17, 15) is 13.2 Å². The molecule has 1 N–H and O–H groups in total. The van der Waals surface area contributed by atoms with Crippen molar-refractivity contribution >= 4 is 21.7 Å². The van der Waals surface area contributed by atoms with Crippen molar-refractivity contribution in [2.75, 3.05) is 18.4 Å². The van der Waals surface area contributed by atoms with E-state index in [1.807, 2.05) is 41.1 Å². The van der Waals surface area contributed by atoms with E-state index in [1.54, 1.807) is 0 Å². The van der Waals surface area contributed by atoms with E-state index in [4.69, 9.17) is 5.10 Å². The zero-order valence-electron chi connectivity index (χ0n) is 20.1. The molecule has 3 rings (SSSR count).